The van der Waals surface area contributed by atoms with E-state index in [-0.39, 0.29) is 12.2 Å². The minimum absolute atomic E-state index is 0.125. The molecule has 0 aromatic heterocycles. The average molecular weight is 313 g/mol. The molecule has 0 radical (unpaired) electrons. The maximum absolute atomic E-state index is 12.0. The molecule has 0 aliphatic carbocycles. The van der Waals surface area contributed by atoms with Gasteiger partial charge in [-0.15, -0.1) is 0 Å². The molecule has 6 heteroatoms. The Morgan fingerprint density at radius 1 is 1.43 bits per heavy atom. The van der Waals surface area contributed by atoms with Gasteiger partial charge in [-0.1, -0.05) is 17.7 Å². The molecule has 1 atom stereocenters. The number of halogens is 1. The summed E-state index contributed by atoms with van der Waals surface area (Å²) in [5.41, 5.74) is 5.86. The number of anilines is 1. The van der Waals surface area contributed by atoms with Crippen LogP contribution >= 0.6 is 11.6 Å². The molecule has 1 heterocycles. The molecule has 1 saturated heterocycles. The SMILES string of the molecule is CC(C)(C)OC(=O)N1CCC(Oc2c(N)cccc2Cl)C1. The third-order valence-corrected chi connectivity index (χ3v) is 3.38. The molecule has 0 bridgehead atoms. The Hall–Kier alpha value is -1.62. The molecule has 116 valence electrons. The van der Waals surface area contributed by atoms with Crippen molar-refractivity contribution in [3.05, 3.63) is 23.2 Å². The maximum Gasteiger partial charge on any atom is 0.410 e. The number of carbonyl (C=O) groups is 1. The summed E-state index contributed by atoms with van der Waals surface area (Å²) in [5, 5.41) is 0.478. The number of benzene rings is 1. The molecule has 5 nitrogen and oxygen atoms in total. The number of rotatable bonds is 2. The molecule has 1 unspecified atom stereocenters. The second-order valence-electron chi connectivity index (χ2n) is 6.11. The molecule has 1 amide bonds. The van der Waals surface area contributed by atoms with Crippen molar-refractivity contribution in [1.29, 1.82) is 0 Å². The van der Waals surface area contributed by atoms with E-state index in [4.69, 9.17) is 26.8 Å². The van der Waals surface area contributed by atoms with Gasteiger partial charge in [0.05, 0.1) is 17.3 Å². The summed E-state index contributed by atoms with van der Waals surface area (Å²) >= 11 is 6.08. The third-order valence-electron chi connectivity index (χ3n) is 3.08. The van der Waals surface area contributed by atoms with Crippen LogP contribution in [0.4, 0.5) is 10.5 Å². The standard InChI is InChI=1S/C15H21ClN2O3/c1-15(2,3)21-14(19)18-8-7-10(9-18)20-13-11(16)5-4-6-12(13)17/h4-6,10H,7-9,17H2,1-3H3. The molecule has 1 fully saturated rings. The van der Waals surface area contributed by atoms with Gasteiger partial charge in [-0.2, -0.15) is 0 Å². The van der Waals surface area contributed by atoms with Crippen molar-refractivity contribution in [3.63, 3.8) is 0 Å². The Kier molecular flexibility index (Phi) is 4.52. The average Bonchev–Trinajstić information content (AvgIpc) is 2.80. The van der Waals surface area contributed by atoms with E-state index >= 15 is 0 Å². The number of amides is 1. The van der Waals surface area contributed by atoms with Gasteiger partial charge in [0.15, 0.2) is 5.75 Å². The van der Waals surface area contributed by atoms with Crippen molar-refractivity contribution in [2.75, 3.05) is 18.8 Å². The largest absolute Gasteiger partial charge is 0.485 e. The summed E-state index contributed by atoms with van der Waals surface area (Å²) in [6.07, 6.45) is 0.282. The zero-order valence-corrected chi connectivity index (χ0v) is 13.3. The molecule has 0 spiro atoms. The van der Waals surface area contributed by atoms with Gasteiger partial charge in [0, 0.05) is 13.0 Å². The van der Waals surface area contributed by atoms with Crippen LogP contribution in [0.2, 0.25) is 5.02 Å². The van der Waals surface area contributed by atoms with E-state index in [1.807, 2.05) is 20.8 Å². The molecule has 1 aromatic carbocycles. The molecule has 21 heavy (non-hydrogen) atoms. The van der Waals surface area contributed by atoms with Crippen LogP contribution in [-0.4, -0.2) is 35.8 Å². The van der Waals surface area contributed by atoms with Crippen LogP contribution in [0.25, 0.3) is 0 Å². The van der Waals surface area contributed by atoms with E-state index in [1.165, 1.54) is 0 Å². The first-order valence-corrected chi connectivity index (χ1v) is 7.32. The first-order chi connectivity index (χ1) is 9.76. The first kappa shape index (κ1) is 15.8. The number of nitrogens with two attached hydrogens (primary N) is 1. The van der Waals surface area contributed by atoms with Crippen LogP contribution in [0, 0.1) is 0 Å². The second kappa shape index (κ2) is 6.02. The fourth-order valence-corrected chi connectivity index (χ4v) is 2.36. The molecule has 1 aliphatic heterocycles. The number of nitrogens with zero attached hydrogens (tertiary/aromatic N) is 1. The predicted molar refractivity (Wildman–Crippen MR) is 82.7 cm³/mol. The third kappa shape index (κ3) is 4.17. The highest BCUT2D eigenvalue weighted by Crippen LogP contribution is 2.32. The van der Waals surface area contributed by atoms with E-state index < -0.39 is 5.60 Å². The van der Waals surface area contributed by atoms with Crippen molar-refractivity contribution in [2.45, 2.75) is 38.9 Å². The van der Waals surface area contributed by atoms with Gasteiger partial charge in [0.25, 0.3) is 0 Å². The van der Waals surface area contributed by atoms with Gasteiger partial charge in [0.2, 0.25) is 0 Å². The van der Waals surface area contributed by atoms with E-state index in [1.54, 1.807) is 23.1 Å². The quantitative estimate of drug-likeness (QED) is 0.851. The lowest BCUT2D eigenvalue weighted by atomic mass is 10.2. The normalized spacial score (nSPS) is 18.7. The van der Waals surface area contributed by atoms with Crippen LogP contribution in [0.5, 0.6) is 5.75 Å². The Morgan fingerprint density at radius 3 is 2.76 bits per heavy atom. The van der Waals surface area contributed by atoms with Gasteiger partial charge in [-0.25, -0.2) is 4.79 Å². The van der Waals surface area contributed by atoms with E-state index in [0.29, 0.717) is 29.5 Å². The lowest BCUT2D eigenvalue weighted by Crippen LogP contribution is -2.36. The summed E-state index contributed by atoms with van der Waals surface area (Å²) in [5.74, 6) is 0.482. The minimum atomic E-state index is -0.497. The molecular formula is C15H21ClN2O3. The van der Waals surface area contributed by atoms with Crippen LogP contribution in [0.15, 0.2) is 18.2 Å². The number of ether oxygens (including phenoxy) is 2. The molecule has 1 aliphatic rings. The summed E-state index contributed by atoms with van der Waals surface area (Å²) in [7, 11) is 0. The lowest BCUT2D eigenvalue weighted by molar-refractivity contribution is 0.0276. The summed E-state index contributed by atoms with van der Waals surface area (Å²) < 4.78 is 11.2. The van der Waals surface area contributed by atoms with Crippen molar-refractivity contribution in [1.82, 2.24) is 4.90 Å². The highest BCUT2D eigenvalue weighted by Gasteiger charge is 2.31. The van der Waals surface area contributed by atoms with Crippen LogP contribution in [0.1, 0.15) is 27.2 Å². The molecule has 2 rings (SSSR count). The lowest BCUT2D eigenvalue weighted by Gasteiger charge is -2.24. The predicted octanol–water partition coefficient (Wildman–Crippen LogP) is 3.31. The summed E-state index contributed by atoms with van der Waals surface area (Å²) in [6, 6.07) is 5.24. The number of hydrogen-bond donors (Lipinski definition) is 1. The second-order valence-corrected chi connectivity index (χ2v) is 6.52. The topological polar surface area (TPSA) is 64.8 Å². The Morgan fingerprint density at radius 2 is 2.14 bits per heavy atom. The fraction of sp³-hybridized carbons (Fsp3) is 0.533. The molecular weight excluding hydrogens is 292 g/mol. The number of likely N-dealkylation sites (tertiary alicyclic amines) is 1. The van der Waals surface area contributed by atoms with Crippen molar-refractivity contribution in [3.8, 4) is 5.75 Å². The monoisotopic (exact) mass is 312 g/mol. The van der Waals surface area contributed by atoms with Crippen molar-refractivity contribution in [2.24, 2.45) is 0 Å². The van der Waals surface area contributed by atoms with Crippen LogP contribution in [0.3, 0.4) is 0 Å². The molecule has 2 N–H and O–H groups in total. The summed E-state index contributed by atoms with van der Waals surface area (Å²) in [4.78, 5) is 13.6. The van der Waals surface area contributed by atoms with Crippen molar-refractivity contribution < 1.29 is 14.3 Å². The smallest absolute Gasteiger partial charge is 0.410 e. The zero-order chi connectivity index (χ0) is 15.6. The Labute approximate surface area is 130 Å². The number of carbonyl (C=O) groups excluding carboxylic acids is 1. The van der Waals surface area contributed by atoms with Crippen molar-refractivity contribution >= 4 is 23.4 Å². The minimum Gasteiger partial charge on any atom is -0.485 e. The number of nitrogen functional groups attached to an aromatic ring is 1. The van der Waals surface area contributed by atoms with E-state index in [2.05, 4.69) is 0 Å². The zero-order valence-electron chi connectivity index (χ0n) is 12.6. The Bertz CT molecular complexity index is 508. The number of para-hydroxylation sites is 1. The van der Waals surface area contributed by atoms with Gasteiger partial charge in [0.1, 0.15) is 11.7 Å². The van der Waals surface area contributed by atoms with Gasteiger partial charge < -0.3 is 20.1 Å². The van der Waals surface area contributed by atoms with E-state index in [9.17, 15) is 4.79 Å². The highest BCUT2D eigenvalue weighted by molar-refractivity contribution is 6.32. The van der Waals surface area contributed by atoms with E-state index in [0.717, 1.165) is 6.42 Å². The van der Waals surface area contributed by atoms with Gasteiger partial charge in [-0.05, 0) is 32.9 Å². The molecule has 1 aromatic rings. The maximum atomic E-state index is 12.0. The number of hydrogen-bond acceptors (Lipinski definition) is 4. The summed E-state index contributed by atoms with van der Waals surface area (Å²) in [6.45, 7) is 6.61. The van der Waals surface area contributed by atoms with Gasteiger partial charge >= 0.3 is 6.09 Å². The fourth-order valence-electron chi connectivity index (χ4n) is 2.13. The van der Waals surface area contributed by atoms with Crippen LogP contribution < -0.4 is 10.5 Å². The first-order valence-electron chi connectivity index (χ1n) is 6.95. The Balaban J connectivity index is 1.95. The highest BCUT2D eigenvalue weighted by atomic mass is 35.5. The molecule has 0 saturated carbocycles. The van der Waals surface area contributed by atoms with Gasteiger partial charge in [-0.3, -0.25) is 0 Å². The van der Waals surface area contributed by atoms with Crippen LogP contribution in [-0.2, 0) is 4.74 Å².